The van der Waals surface area contributed by atoms with Gasteiger partial charge in [0, 0.05) is 18.5 Å². The van der Waals surface area contributed by atoms with E-state index in [4.69, 9.17) is 0 Å². The van der Waals surface area contributed by atoms with Crippen LogP contribution in [0.25, 0.3) is 0 Å². The number of nitrogens with one attached hydrogen (secondary N) is 1. The van der Waals surface area contributed by atoms with Gasteiger partial charge in [-0.2, -0.15) is 0 Å². The van der Waals surface area contributed by atoms with E-state index in [2.05, 4.69) is 31.0 Å². The van der Waals surface area contributed by atoms with Gasteiger partial charge in [0.25, 0.3) is 0 Å². The van der Waals surface area contributed by atoms with Crippen molar-refractivity contribution in [1.29, 1.82) is 0 Å². The van der Waals surface area contributed by atoms with Gasteiger partial charge in [0.1, 0.15) is 0 Å². The summed E-state index contributed by atoms with van der Waals surface area (Å²) >= 11 is 0. The second kappa shape index (κ2) is 5.60. The van der Waals surface area contributed by atoms with E-state index in [1.807, 2.05) is 0 Å². The number of likely N-dealkylation sites (tertiary alicyclic amines) is 1. The van der Waals surface area contributed by atoms with Gasteiger partial charge in [0.2, 0.25) is 5.91 Å². The van der Waals surface area contributed by atoms with Gasteiger partial charge in [0.05, 0.1) is 0 Å². The third-order valence-corrected chi connectivity index (χ3v) is 4.99. The van der Waals surface area contributed by atoms with Crippen LogP contribution in [0.4, 0.5) is 0 Å². The van der Waals surface area contributed by atoms with Crippen LogP contribution in [0.2, 0.25) is 0 Å². The summed E-state index contributed by atoms with van der Waals surface area (Å²) in [5, 5.41) is 3.35. The molecule has 3 heteroatoms. The van der Waals surface area contributed by atoms with Crippen LogP contribution in [0.1, 0.15) is 46.5 Å². The lowest BCUT2D eigenvalue weighted by molar-refractivity contribution is -0.144. The van der Waals surface area contributed by atoms with Gasteiger partial charge in [-0.3, -0.25) is 4.79 Å². The zero-order chi connectivity index (χ0) is 13.2. The third-order valence-electron chi connectivity index (χ3n) is 4.99. The molecule has 2 saturated heterocycles. The molecular weight excluding hydrogens is 224 g/mol. The highest BCUT2D eigenvalue weighted by atomic mass is 16.2. The van der Waals surface area contributed by atoms with Crippen molar-refractivity contribution in [2.45, 2.75) is 46.5 Å². The normalized spacial score (nSPS) is 25.4. The molecule has 0 bridgehead atoms. The molecule has 2 aliphatic heterocycles. The third kappa shape index (κ3) is 2.87. The minimum Gasteiger partial charge on any atom is -0.342 e. The minimum atomic E-state index is -0.101. The molecule has 2 heterocycles. The first-order valence-corrected chi connectivity index (χ1v) is 7.53. The Morgan fingerprint density at radius 3 is 2.28 bits per heavy atom. The van der Waals surface area contributed by atoms with Crippen LogP contribution in [-0.2, 0) is 4.79 Å². The standard InChI is InChI=1S/C15H28N2O/c1-12(2)13-4-10-17(11-5-13)14(18)15(3)6-8-16-9-7-15/h12-13,16H,4-11H2,1-3H3. The van der Waals surface area contributed by atoms with Gasteiger partial charge < -0.3 is 10.2 Å². The summed E-state index contributed by atoms with van der Waals surface area (Å²) in [6.07, 6.45) is 4.38. The predicted molar refractivity (Wildman–Crippen MR) is 74.4 cm³/mol. The van der Waals surface area contributed by atoms with E-state index in [9.17, 15) is 4.79 Å². The Kier molecular flexibility index (Phi) is 4.31. The van der Waals surface area contributed by atoms with Crippen LogP contribution < -0.4 is 5.32 Å². The van der Waals surface area contributed by atoms with Gasteiger partial charge in [-0.05, 0) is 50.6 Å². The minimum absolute atomic E-state index is 0.101. The van der Waals surface area contributed by atoms with E-state index in [0.717, 1.165) is 50.9 Å². The highest BCUT2D eigenvalue weighted by molar-refractivity contribution is 5.82. The summed E-state index contributed by atoms with van der Waals surface area (Å²) in [5.74, 6) is 1.98. The molecule has 0 saturated carbocycles. The van der Waals surface area contributed by atoms with Crippen molar-refractivity contribution >= 4 is 5.91 Å². The molecule has 0 radical (unpaired) electrons. The first kappa shape index (κ1) is 13.9. The molecule has 104 valence electrons. The Morgan fingerprint density at radius 1 is 1.22 bits per heavy atom. The lowest BCUT2D eigenvalue weighted by Gasteiger charge is -2.41. The molecular formula is C15H28N2O. The van der Waals surface area contributed by atoms with Crippen LogP contribution in [0, 0.1) is 17.3 Å². The van der Waals surface area contributed by atoms with Gasteiger partial charge in [0.15, 0.2) is 0 Å². The van der Waals surface area contributed by atoms with Gasteiger partial charge in [-0.25, -0.2) is 0 Å². The predicted octanol–water partition coefficient (Wildman–Crippen LogP) is 2.27. The summed E-state index contributed by atoms with van der Waals surface area (Å²) in [5.41, 5.74) is -0.101. The number of piperidine rings is 2. The van der Waals surface area contributed by atoms with E-state index in [0.29, 0.717) is 5.91 Å². The van der Waals surface area contributed by atoms with Gasteiger partial charge >= 0.3 is 0 Å². The summed E-state index contributed by atoms with van der Waals surface area (Å²) in [6.45, 7) is 10.7. The van der Waals surface area contributed by atoms with E-state index in [1.165, 1.54) is 12.8 Å². The molecule has 0 unspecified atom stereocenters. The number of nitrogens with zero attached hydrogens (tertiary/aromatic N) is 1. The molecule has 2 fully saturated rings. The lowest BCUT2D eigenvalue weighted by Crippen LogP contribution is -2.50. The number of carbonyl (C=O) groups is 1. The summed E-state index contributed by atoms with van der Waals surface area (Å²) < 4.78 is 0. The molecule has 2 aliphatic rings. The van der Waals surface area contributed by atoms with E-state index < -0.39 is 0 Å². The zero-order valence-corrected chi connectivity index (χ0v) is 12.2. The van der Waals surface area contributed by atoms with Crippen molar-refractivity contribution in [3.05, 3.63) is 0 Å². The fourth-order valence-corrected chi connectivity index (χ4v) is 3.34. The van der Waals surface area contributed by atoms with E-state index in [-0.39, 0.29) is 5.41 Å². The highest BCUT2D eigenvalue weighted by Gasteiger charge is 2.38. The molecule has 0 aromatic heterocycles. The van der Waals surface area contributed by atoms with Crippen LogP contribution in [0.15, 0.2) is 0 Å². The van der Waals surface area contributed by atoms with Crippen molar-refractivity contribution in [2.24, 2.45) is 17.3 Å². The Balaban J connectivity index is 1.90. The number of hydrogen-bond acceptors (Lipinski definition) is 2. The first-order chi connectivity index (χ1) is 8.53. The van der Waals surface area contributed by atoms with Gasteiger partial charge in [-0.1, -0.05) is 20.8 Å². The number of carbonyl (C=O) groups excluding carboxylic acids is 1. The fraction of sp³-hybridized carbons (Fsp3) is 0.933. The number of rotatable bonds is 2. The maximum Gasteiger partial charge on any atom is 0.228 e. The van der Waals surface area contributed by atoms with Crippen molar-refractivity contribution in [2.75, 3.05) is 26.2 Å². The molecule has 1 N–H and O–H groups in total. The second-order valence-corrected chi connectivity index (χ2v) is 6.68. The van der Waals surface area contributed by atoms with Crippen LogP contribution in [-0.4, -0.2) is 37.0 Å². The zero-order valence-electron chi connectivity index (χ0n) is 12.2. The van der Waals surface area contributed by atoms with Crippen molar-refractivity contribution in [3.8, 4) is 0 Å². The van der Waals surface area contributed by atoms with E-state index in [1.54, 1.807) is 0 Å². The van der Waals surface area contributed by atoms with Crippen molar-refractivity contribution < 1.29 is 4.79 Å². The Bertz CT molecular complexity index is 287. The molecule has 1 amide bonds. The molecule has 0 spiro atoms. The topological polar surface area (TPSA) is 32.3 Å². The van der Waals surface area contributed by atoms with Crippen molar-refractivity contribution in [1.82, 2.24) is 10.2 Å². The fourth-order valence-electron chi connectivity index (χ4n) is 3.34. The van der Waals surface area contributed by atoms with Gasteiger partial charge in [-0.15, -0.1) is 0 Å². The maximum absolute atomic E-state index is 12.6. The molecule has 0 aromatic carbocycles. The lowest BCUT2D eigenvalue weighted by atomic mass is 9.78. The Morgan fingerprint density at radius 2 is 1.78 bits per heavy atom. The highest BCUT2D eigenvalue weighted by Crippen LogP contribution is 2.33. The quantitative estimate of drug-likeness (QED) is 0.817. The van der Waals surface area contributed by atoms with Crippen LogP contribution >= 0.6 is 0 Å². The largest absolute Gasteiger partial charge is 0.342 e. The smallest absolute Gasteiger partial charge is 0.228 e. The summed E-state index contributed by atoms with van der Waals surface area (Å²) in [7, 11) is 0. The summed E-state index contributed by atoms with van der Waals surface area (Å²) in [6, 6.07) is 0. The molecule has 18 heavy (non-hydrogen) atoms. The molecule has 3 nitrogen and oxygen atoms in total. The van der Waals surface area contributed by atoms with Crippen LogP contribution in [0.3, 0.4) is 0 Å². The average molecular weight is 252 g/mol. The number of amides is 1. The molecule has 0 atom stereocenters. The SMILES string of the molecule is CC(C)C1CCN(C(=O)C2(C)CCNCC2)CC1. The second-order valence-electron chi connectivity index (χ2n) is 6.68. The van der Waals surface area contributed by atoms with E-state index >= 15 is 0 Å². The Hall–Kier alpha value is -0.570. The molecule has 0 aromatic rings. The molecule has 2 rings (SSSR count). The van der Waals surface area contributed by atoms with Crippen LogP contribution in [0.5, 0.6) is 0 Å². The first-order valence-electron chi connectivity index (χ1n) is 7.53. The Labute approximate surface area is 111 Å². The summed E-state index contributed by atoms with van der Waals surface area (Å²) in [4.78, 5) is 14.8. The number of hydrogen-bond donors (Lipinski definition) is 1. The monoisotopic (exact) mass is 252 g/mol. The maximum atomic E-state index is 12.6. The average Bonchev–Trinajstić information content (AvgIpc) is 2.39. The van der Waals surface area contributed by atoms with Crippen molar-refractivity contribution in [3.63, 3.8) is 0 Å². The molecule has 0 aliphatic carbocycles.